The summed E-state index contributed by atoms with van der Waals surface area (Å²) >= 11 is 6.04. The number of rotatable bonds is 4. The Labute approximate surface area is 146 Å². The number of likely N-dealkylation sites (tertiary alicyclic amines) is 1. The SMILES string of the molecule is Clc1cccc(-c2nc(CN3CC[C@H](c4ccccc4)C3)co2)c1. The summed E-state index contributed by atoms with van der Waals surface area (Å²) in [4.78, 5) is 7.06. The van der Waals surface area contributed by atoms with Gasteiger partial charge in [0.15, 0.2) is 0 Å². The van der Waals surface area contributed by atoms with Gasteiger partial charge in [-0.1, -0.05) is 48.0 Å². The molecule has 3 aromatic rings. The Hall–Kier alpha value is -2.10. The smallest absolute Gasteiger partial charge is 0.226 e. The van der Waals surface area contributed by atoms with Crippen molar-refractivity contribution >= 4 is 11.6 Å². The van der Waals surface area contributed by atoms with Crippen LogP contribution < -0.4 is 0 Å². The predicted octanol–water partition coefficient (Wildman–Crippen LogP) is 4.98. The lowest BCUT2D eigenvalue weighted by Gasteiger charge is -2.14. The summed E-state index contributed by atoms with van der Waals surface area (Å²) in [6, 6.07) is 18.3. The van der Waals surface area contributed by atoms with Crippen LogP contribution in [0.4, 0.5) is 0 Å². The molecule has 0 spiro atoms. The molecule has 3 nitrogen and oxygen atoms in total. The normalized spacial score (nSPS) is 18.1. The minimum absolute atomic E-state index is 0.616. The molecule has 0 aliphatic carbocycles. The Morgan fingerprint density at radius 2 is 2.00 bits per heavy atom. The van der Waals surface area contributed by atoms with E-state index in [1.54, 1.807) is 6.26 Å². The fourth-order valence-corrected chi connectivity index (χ4v) is 3.53. The Morgan fingerprint density at radius 1 is 1.12 bits per heavy atom. The largest absolute Gasteiger partial charge is 0.444 e. The van der Waals surface area contributed by atoms with E-state index in [0.717, 1.165) is 30.9 Å². The van der Waals surface area contributed by atoms with E-state index in [4.69, 9.17) is 16.0 Å². The number of halogens is 1. The van der Waals surface area contributed by atoms with E-state index in [2.05, 4.69) is 40.2 Å². The Bertz CT molecular complexity index is 815. The molecule has 0 unspecified atom stereocenters. The topological polar surface area (TPSA) is 29.3 Å². The first-order chi connectivity index (χ1) is 11.8. The molecule has 1 aliphatic heterocycles. The summed E-state index contributed by atoms with van der Waals surface area (Å²) in [6.07, 6.45) is 2.95. The van der Waals surface area contributed by atoms with Crippen LogP contribution in [0.2, 0.25) is 5.02 Å². The van der Waals surface area contributed by atoms with Gasteiger partial charge in [-0.2, -0.15) is 0 Å². The number of aromatic nitrogens is 1. The quantitative estimate of drug-likeness (QED) is 0.671. The van der Waals surface area contributed by atoms with Crippen LogP contribution in [-0.4, -0.2) is 23.0 Å². The second-order valence-corrected chi connectivity index (χ2v) is 6.72. The number of oxazole rings is 1. The van der Waals surface area contributed by atoms with Crippen molar-refractivity contribution in [3.05, 3.63) is 77.1 Å². The predicted molar refractivity (Wildman–Crippen MR) is 96.0 cm³/mol. The molecule has 0 amide bonds. The minimum atomic E-state index is 0.616. The monoisotopic (exact) mass is 338 g/mol. The molecule has 122 valence electrons. The lowest BCUT2D eigenvalue weighted by atomic mass is 9.99. The zero-order valence-electron chi connectivity index (χ0n) is 13.4. The van der Waals surface area contributed by atoms with Gasteiger partial charge in [0, 0.05) is 23.7 Å². The molecule has 2 aromatic carbocycles. The van der Waals surface area contributed by atoms with Gasteiger partial charge in [-0.25, -0.2) is 4.98 Å². The Kier molecular flexibility index (Phi) is 4.37. The third-order valence-corrected chi connectivity index (χ3v) is 4.79. The Morgan fingerprint density at radius 3 is 2.83 bits per heavy atom. The highest BCUT2D eigenvalue weighted by atomic mass is 35.5. The first-order valence-electron chi connectivity index (χ1n) is 8.25. The number of hydrogen-bond acceptors (Lipinski definition) is 3. The highest BCUT2D eigenvalue weighted by Crippen LogP contribution is 2.28. The van der Waals surface area contributed by atoms with Crippen LogP contribution in [0.3, 0.4) is 0 Å². The van der Waals surface area contributed by atoms with Crippen molar-refractivity contribution in [2.24, 2.45) is 0 Å². The van der Waals surface area contributed by atoms with Crippen molar-refractivity contribution in [3.63, 3.8) is 0 Å². The maximum atomic E-state index is 6.04. The highest BCUT2D eigenvalue weighted by Gasteiger charge is 2.24. The van der Waals surface area contributed by atoms with Crippen LogP contribution >= 0.6 is 11.6 Å². The van der Waals surface area contributed by atoms with E-state index in [-0.39, 0.29) is 0 Å². The van der Waals surface area contributed by atoms with Crippen molar-refractivity contribution < 1.29 is 4.42 Å². The van der Waals surface area contributed by atoms with Gasteiger partial charge < -0.3 is 4.42 Å². The first kappa shape index (κ1) is 15.4. The van der Waals surface area contributed by atoms with Crippen LogP contribution in [0.1, 0.15) is 23.6 Å². The number of nitrogens with zero attached hydrogens (tertiary/aromatic N) is 2. The molecule has 24 heavy (non-hydrogen) atoms. The molecular formula is C20H19ClN2O. The van der Waals surface area contributed by atoms with E-state index >= 15 is 0 Å². The van der Waals surface area contributed by atoms with E-state index in [9.17, 15) is 0 Å². The molecule has 1 aromatic heterocycles. The average Bonchev–Trinajstić information content (AvgIpc) is 3.26. The second kappa shape index (κ2) is 6.80. The average molecular weight is 339 g/mol. The summed E-state index contributed by atoms with van der Waals surface area (Å²) < 4.78 is 5.63. The number of benzene rings is 2. The molecule has 1 saturated heterocycles. The third kappa shape index (κ3) is 3.37. The van der Waals surface area contributed by atoms with E-state index in [1.165, 1.54) is 12.0 Å². The van der Waals surface area contributed by atoms with Crippen molar-refractivity contribution in [1.82, 2.24) is 9.88 Å². The van der Waals surface area contributed by atoms with Gasteiger partial charge >= 0.3 is 0 Å². The lowest BCUT2D eigenvalue weighted by Crippen LogP contribution is -2.19. The first-order valence-corrected chi connectivity index (χ1v) is 8.63. The summed E-state index contributed by atoms with van der Waals surface area (Å²) in [5.74, 6) is 1.25. The zero-order chi connectivity index (χ0) is 16.4. The van der Waals surface area contributed by atoms with Crippen molar-refractivity contribution in [1.29, 1.82) is 0 Å². The fraction of sp³-hybridized carbons (Fsp3) is 0.250. The van der Waals surface area contributed by atoms with Gasteiger partial charge in [-0.05, 0) is 42.6 Å². The van der Waals surface area contributed by atoms with Gasteiger partial charge in [0.05, 0.1) is 5.69 Å². The van der Waals surface area contributed by atoms with Crippen molar-refractivity contribution in [3.8, 4) is 11.5 Å². The summed E-state index contributed by atoms with van der Waals surface area (Å²) in [6.45, 7) is 3.00. The molecule has 4 heteroatoms. The van der Waals surface area contributed by atoms with Gasteiger partial charge in [0.2, 0.25) is 5.89 Å². The second-order valence-electron chi connectivity index (χ2n) is 6.29. The minimum Gasteiger partial charge on any atom is -0.444 e. The van der Waals surface area contributed by atoms with Crippen molar-refractivity contribution in [2.75, 3.05) is 13.1 Å². The summed E-state index contributed by atoms with van der Waals surface area (Å²) in [5, 5.41) is 0.692. The van der Waals surface area contributed by atoms with E-state index in [1.807, 2.05) is 24.3 Å². The van der Waals surface area contributed by atoms with Crippen LogP contribution in [0.25, 0.3) is 11.5 Å². The van der Waals surface area contributed by atoms with Crippen LogP contribution in [0.5, 0.6) is 0 Å². The molecular weight excluding hydrogens is 320 g/mol. The molecule has 1 fully saturated rings. The van der Waals surface area contributed by atoms with Gasteiger partial charge in [-0.3, -0.25) is 4.90 Å². The molecule has 1 aliphatic rings. The van der Waals surface area contributed by atoms with E-state index in [0.29, 0.717) is 16.8 Å². The molecule has 0 N–H and O–H groups in total. The van der Waals surface area contributed by atoms with Crippen LogP contribution in [0.15, 0.2) is 65.3 Å². The van der Waals surface area contributed by atoms with Gasteiger partial charge in [0.1, 0.15) is 6.26 Å². The van der Waals surface area contributed by atoms with E-state index < -0.39 is 0 Å². The summed E-state index contributed by atoms with van der Waals surface area (Å²) in [7, 11) is 0. The molecule has 2 heterocycles. The molecule has 0 bridgehead atoms. The molecule has 4 rings (SSSR count). The maximum Gasteiger partial charge on any atom is 0.226 e. The fourth-order valence-electron chi connectivity index (χ4n) is 3.34. The zero-order valence-corrected chi connectivity index (χ0v) is 14.1. The van der Waals surface area contributed by atoms with Crippen LogP contribution in [0, 0.1) is 0 Å². The molecule has 0 radical (unpaired) electrons. The van der Waals surface area contributed by atoms with Gasteiger partial charge in [0.25, 0.3) is 0 Å². The highest BCUT2D eigenvalue weighted by molar-refractivity contribution is 6.30. The van der Waals surface area contributed by atoms with Crippen molar-refractivity contribution in [2.45, 2.75) is 18.9 Å². The van der Waals surface area contributed by atoms with Crippen LogP contribution in [-0.2, 0) is 6.54 Å². The lowest BCUT2D eigenvalue weighted by molar-refractivity contribution is 0.322. The molecule has 1 atom stereocenters. The van der Waals surface area contributed by atoms with Gasteiger partial charge in [-0.15, -0.1) is 0 Å². The summed E-state index contributed by atoms with van der Waals surface area (Å²) in [5.41, 5.74) is 3.32. The standard InChI is InChI=1S/C20H19ClN2O/c21-18-8-4-7-16(11-18)20-22-19(14-24-20)13-23-10-9-17(12-23)15-5-2-1-3-6-15/h1-8,11,14,17H,9-10,12-13H2/t17-/m0/s1. The Balaban J connectivity index is 1.42. The maximum absolute atomic E-state index is 6.04. The third-order valence-electron chi connectivity index (χ3n) is 4.55. The number of hydrogen-bond donors (Lipinski definition) is 0. The molecule has 0 saturated carbocycles.